The zero-order valence-electron chi connectivity index (χ0n) is 10.7. The number of carbonyl (C=O) groups excluding carboxylic acids is 1. The third-order valence-corrected chi connectivity index (χ3v) is 3.82. The van der Waals surface area contributed by atoms with Gasteiger partial charge in [-0.2, -0.15) is 0 Å². The second kappa shape index (κ2) is 4.72. The minimum atomic E-state index is -0.940. The Bertz CT molecular complexity index is 501. The minimum absolute atomic E-state index is 0.273. The number of aliphatic carboxylic acids is 1. The lowest BCUT2D eigenvalue weighted by Gasteiger charge is -2.15. The number of nitrogens with zero attached hydrogens (tertiary/aromatic N) is 1. The Morgan fingerprint density at radius 2 is 2.11 bits per heavy atom. The van der Waals surface area contributed by atoms with Gasteiger partial charge < -0.3 is 15.0 Å². The van der Waals surface area contributed by atoms with E-state index in [1.807, 2.05) is 16.8 Å². The summed E-state index contributed by atoms with van der Waals surface area (Å²) in [5.41, 5.74) is 0.574. The molecule has 3 rings (SSSR count). The molecule has 1 atom stereocenters. The summed E-state index contributed by atoms with van der Waals surface area (Å²) in [4.78, 5) is 23.4. The molecule has 1 aromatic rings. The summed E-state index contributed by atoms with van der Waals surface area (Å²) in [6.07, 6.45) is 6.80. The second-order valence-electron chi connectivity index (χ2n) is 5.58. The Kier molecular flexibility index (Phi) is 3.05. The summed E-state index contributed by atoms with van der Waals surface area (Å²) < 4.78 is 1.95. The predicted molar refractivity (Wildman–Crippen MR) is 68.9 cm³/mol. The summed E-state index contributed by atoms with van der Waals surface area (Å²) in [5, 5.41) is 11.8. The van der Waals surface area contributed by atoms with Gasteiger partial charge in [0.15, 0.2) is 0 Å². The van der Waals surface area contributed by atoms with E-state index < -0.39 is 12.0 Å². The molecule has 1 amide bonds. The van der Waals surface area contributed by atoms with Crippen molar-refractivity contribution < 1.29 is 14.7 Å². The van der Waals surface area contributed by atoms with Crippen molar-refractivity contribution in [2.75, 3.05) is 0 Å². The smallest absolute Gasteiger partial charge is 0.326 e. The number of carbonyl (C=O) groups is 2. The second-order valence-corrected chi connectivity index (χ2v) is 5.58. The molecule has 0 unspecified atom stereocenters. The first-order chi connectivity index (χ1) is 9.15. The fourth-order valence-corrected chi connectivity index (χ4v) is 2.40. The number of rotatable bonds is 6. The lowest BCUT2D eigenvalue weighted by atomic mass is 10.1. The Morgan fingerprint density at radius 1 is 1.37 bits per heavy atom. The number of nitrogens with one attached hydrogen (secondary N) is 1. The molecule has 0 saturated heterocycles. The van der Waals surface area contributed by atoms with Crippen LogP contribution in [0.25, 0.3) is 0 Å². The quantitative estimate of drug-likeness (QED) is 0.821. The standard InChI is InChI=1S/C14H18N2O3/c17-13(12-2-1-7-16(12)10-5-6-10)15-11(14(18)19)8-9-3-4-9/h1-2,7,9-11H,3-6,8H2,(H,15,17)(H,18,19)/t11-/m0/s1. The molecule has 0 aromatic carbocycles. The zero-order valence-corrected chi connectivity index (χ0v) is 10.7. The summed E-state index contributed by atoms with van der Waals surface area (Å²) >= 11 is 0. The lowest BCUT2D eigenvalue weighted by Crippen LogP contribution is -2.41. The number of carboxylic acids is 1. The van der Waals surface area contributed by atoms with Crippen LogP contribution in [0.4, 0.5) is 0 Å². The lowest BCUT2D eigenvalue weighted by molar-refractivity contribution is -0.139. The Morgan fingerprint density at radius 3 is 2.68 bits per heavy atom. The largest absolute Gasteiger partial charge is 0.480 e. The number of carboxylic acid groups (broad SMARTS) is 1. The zero-order chi connectivity index (χ0) is 13.4. The van der Waals surface area contributed by atoms with Crippen LogP contribution in [-0.4, -0.2) is 27.6 Å². The van der Waals surface area contributed by atoms with Gasteiger partial charge in [0.25, 0.3) is 5.91 Å². The molecule has 5 heteroatoms. The molecule has 0 radical (unpaired) electrons. The van der Waals surface area contributed by atoms with Gasteiger partial charge in [-0.15, -0.1) is 0 Å². The van der Waals surface area contributed by atoms with Gasteiger partial charge in [-0.3, -0.25) is 4.79 Å². The van der Waals surface area contributed by atoms with Crippen molar-refractivity contribution in [3.8, 4) is 0 Å². The van der Waals surface area contributed by atoms with E-state index in [4.69, 9.17) is 5.11 Å². The number of amides is 1. The van der Waals surface area contributed by atoms with E-state index >= 15 is 0 Å². The van der Waals surface area contributed by atoms with E-state index in [0.29, 0.717) is 24.1 Å². The van der Waals surface area contributed by atoms with Crippen LogP contribution in [0.3, 0.4) is 0 Å². The predicted octanol–water partition coefficient (Wildman–Crippen LogP) is 1.81. The number of hydrogen-bond donors (Lipinski definition) is 2. The maximum absolute atomic E-state index is 12.2. The highest BCUT2D eigenvalue weighted by Gasteiger charge is 2.32. The molecule has 2 aliphatic carbocycles. The van der Waals surface area contributed by atoms with Gasteiger partial charge in [0.1, 0.15) is 11.7 Å². The molecule has 1 aromatic heterocycles. The molecule has 2 N–H and O–H groups in total. The topological polar surface area (TPSA) is 71.3 Å². The van der Waals surface area contributed by atoms with Crippen molar-refractivity contribution in [3.63, 3.8) is 0 Å². The molecule has 0 aliphatic heterocycles. The van der Waals surface area contributed by atoms with Crippen LogP contribution in [0.2, 0.25) is 0 Å². The minimum Gasteiger partial charge on any atom is -0.480 e. The third kappa shape index (κ3) is 2.80. The summed E-state index contributed by atoms with van der Waals surface area (Å²) in [6, 6.07) is 3.25. The maximum atomic E-state index is 12.2. The molecule has 2 aliphatic rings. The van der Waals surface area contributed by atoms with Crippen LogP contribution in [-0.2, 0) is 4.79 Å². The maximum Gasteiger partial charge on any atom is 0.326 e. The van der Waals surface area contributed by atoms with Crippen molar-refractivity contribution in [1.29, 1.82) is 0 Å². The van der Waals surface area contributed by atoms with E-state index in [1.54, 1.807) is 6.07 Å². The molecule has 102 valence electrons. The fourth-order valence-electron chi connectivity index (χ4n) is 2.40. The Hall–Kier alpha value is -1.78. The SMILES string of the molecule is O=C(N[C@@H](CC1CC1)C(=O)O)c1cccn1C1CC1. The molecule has 0 spiro atoms. The third-order valence-electron chi connectivity index (χ3n) is 3.82. The van der Waals surface area contributed by atoms with Crippen LogP contribution in [0.15, 0.2) is 18.3 Å². The van der Waals surface area contributed by atoms with Crippen molar-refractivity contribution in [2.45, 2.75) is 44.2 Å². The molecule has 19 heavy (non-hydrogen) atoms. The van der Waals surface area contributed by atoms with E-state index in [0.717, 1.165) is 25.7 Å². The van der Waals surface area contributed by atoms with Crippen molar-refractivity contribution in [1.82, 2.24) is 9.88 Å². The first-order valence-electron chi connectivity index (χ1n) is 6.85. The Balaban J connectivity index is 1.67. The monoisotopic (exact) mass is 262 g/mol. The van der Waals surface area contributed by atoms with E-state index in [9.17, 15) is 9.59 Å². The highest BCUT2D eigenvalue weighted by molar-refractivity contribution is 5.95. The average molecular weight is 262 g/mol. The van der Waals surface area contributed by atoms with Crippen LogP contribution in [0.1, 0.15) is 48.6 Å². The normalized spacial score (nSPS) is 20.0. The number of aromatic nitrogens is 1. The van der Waals surface area contributed by atoms with Crippen molar-refractivity contribution >= 4 is 11.9 Å². The van der Waals surface area contributed by atoms with Gasteiger partial charge in [-0.05, 0) is 37.3 Å². The van der Waals surface area contributed by atoms with E-state index in [1.165, 1.54) is 0 Å². The van der Waals surface area contributed by atoms with Gasteiger partial charge in [-0.1, -0.05) is 12.8 Å². The van der Waals surface area contributed by atoms with Crippen LogP contribution in [0.5, 0.6) is 0 Å². The first kappa shape index (κ1) is 12.3. The molecule has 2 fully saturated rings. The average Bonchev–Trinajstić information content (AvgIpc) is 3.29. The van der Waals surface area contributed by atoms with Gasteiger partial charge in [0.2, 0.25) is 0 Å². The van der Waals surface area contributed by atoms with E-state index in [-0.39, 0.29) is 5.91 Å². The highest BCUT2D eigenvalue weighted by Crippen LogP contribution is 2.36. The van der Waals surface area contributed by atoms with Crippen molar-refractivity contribution in [3.05, 3.63) is 24.0 Å². The van der Waals surface area contributed by atoms with Gasteiger partial charge >= 0.3 is 5.97 Å². The first-order valence-corrected chi connectivity index (χ1v) is 6.85. The summed E-state index contributed by atoms with van der Waals surface area (Å²) in [7, 11) is 0. The molecule has 5 nitrogen and oxygen atoms in total. The van der Waals surface area contributed by atoms with Gasteiger partial charge in [0, 0.05) is 12.2 Å². The van der Waals surface area contributed by atoms with Crippen molar-refractivity contribution in [2.24, 2.45) is 5.92 Å². The van der Waals surface area contributed by atoms with Crippen LogP contribution < -0.4 is 5.32 Å². The van der Waals surface area contributed by atoms with Gasteiger partial charge in [0.05, 0.1) is 0 Å². The van der Waals surface area contributed by atoms with Crippen LogP contribution in [0, 0.1) is 5.92 Å². The number of hydrogen-bond acceptors (Lipinski definition) is 2. The van der Waals surface area contributed by atoms with Gasteiger partial charge in [-0.25, -0.2) is 4.79 Å². The molecule has 2 saturated carbocycles. The fraction of sp³-hybridized carbons (Fsp3) is 0.571. The summed E-state index contributed by atoms with van der Waals surface area (Å²) in [6.45, 7) is 0. The van der Waals surface area contributed by atoms with Crippen LogP contribution >= 0.6 is 0 Å². The summed E-state index contributed by atoms with van der Waals surface area (Å²) in [5.74, 6) is -0.744. The molecular weight excluding hydrogens is 244 g/mol. The molecule has 0 bridgehead atoms. The molecular formula is C14H18N2O3. The molecule has 1 heterocycles. The Labute approximate surface area is 111 Å². The highest BCUT2D eigenvalue weighted by atomic mass is 16.4. The van der Waals surface area contributed by atoms with E-state index in [2.05, 4.69) is 5.32 Å².